The van der Waals surface area contributed by atoms with E-state index < -0.39 is 0 Å². The van der Waals surface area contributed by atoms with Gasteiger partial charge in [-0.15, -0.1) is 0 Å². The summed E-state index contributed by atoms with van der Waals surface area (Å²) < 4.78 is 6.08. The normalized spacial score (nSPS) is 11.9. The maximum atomic E-state index is 6.08. The number of alkyl halides is 1. The monoisotopic (exact) mass is 764 g/mol. The maximum absolute atomic E-state index is 6.08. The Hall–Kier alpha value is -6.24. The van der Waals surface area contributed by atoms with Crippen LogP contribution in [0, 0.1) is 0 Å². The second kappa shape index (κ2) is 15.0. The fourth-order valence-corrected chi connectivity index (χ4v) is 7.74. The van der Waals surface area contributed by atoms with Crippen molar-refractivity contribution in [3.63, 3.8) is 0 Å². The minimum absolute atomic E-state index is 0.688. The smallest absolute Gasteiger partial charge is 0.119 e. The van der Waals surface area contributed by atoms with Gasteiger partial charge in [-0.05, 0) is 95.8 Å². The summed E-state index contributed by atoms with van der Waals surface area (Å²) in [5.41, 5.74) is 15.9. The molecule has 2 aliphatic heterocycles. The molecule has 6 heteroatoms. The van der Waals surface area contributed by atoms with Crippen molar-refractivity contribution in [3.8, 4) is 50.3 Å². The number of hydrogen-bond donors (Lipinski definition) is 2. The molecule has 0 saturated heterocycles. The zero-order valence-electron chi connectivity index (χ0n) is 29.6. The highest BCUT2D eigenvalue weighted by Gasteiger charge is 2.19. The maximum Gasteiger partial charge on any atom is 0.119 e. The van der Waals surface area contributed by atoms with E-state index in [0.717, 1.165) is 113 Å². The SMILES string of the molecule is BrCCCCOc1ccc(-c2c3nc(c(-c4ccccc4)c4ccc([nH]4)c(-c4ccccc4)c4nc(c(-c5ccccc5)c5ccc2[nH]5)C=C4)C=C3)cc1. The molecule has 9 rings (SSSR count). The van der Waals surface area contributed by atoms with E-state index in [4.69, 9.17) is 14.7 Å². The van der Waals surface area contributed by atoms with Crippen molar-refractivity contribution < 1.29 is 4.74 Å². The zero-order valence-corrected chi connectivity index (χ0v) is 31.2. The van der Waals surface area contributed by atoms with Crippen LogP contribution in [0.15, 0.2) is 140 Å². The van der Waals surface area contributed by atoms with E-state index in [9.17, 15) is 0 Å². The van der Waals surface area contributed by atoms with Crippen molar-refractivity contribution >= 4 is 62.3 Å². The first-order chi connectivity index (χ1) is 26.7. The van der Waals surface area contributed by atoms with Crippen LogP contribution in [0.1, 0.15) is 35.6 Å². The third-order valence-electron chi connectivity index (χ3n) is 9.88. The number of H-pyrrole nitrogens is 2. The predicted octanol–water partition coefficient (Wildman–Crippen LogP) is 12.9. The van der Waals surface area contributed by atoms with E-state index in [1.807, 2.05) is 18.2 Å². The lowest BCUT2D eigenvalue weighted by atomic mass is 10.0. The second-order valence-corrected chi connectivity index (χ2v) is 14.2. The first-order valence-electron chi connectivity index (χ1n) is 18.4. The van der Waals surface area contributed by atoms with E-state index in [1.54, 1.807) is 0 Å². The van der Waals surface area contributed by atoms with Crippen LogP contribution in [0.25, 0.3) is 90.9 Å². The standard InChI is InChI=1S/C48H37BrN4O/c49-30-10-11-31-54-36-20-18-35(19-21-36)48-43-28-26-41(52-43)46(33-14-6-2-7-15-33)39-24-22-37(50-39)45(32-12-4-1-5-13-32)38-23-25-40(51-38)47(34-16-8-3-9-17-34)42-27-29-44(48)53-42/h1-9,12-29,50,53H,10-11,30-31H2. The molecule has 0 atom stereocenters. The van der Waals surface area contributed by atoms with Crippen LogP contribution in [0.5, 0.6) is 5.75 Å². The number of unbranched alkanes of at least 4 members (excludes halogenated alkanes) is 1. The summed E-state index contributed by atoms with van der Waals surface area (Å²) in [4.78, 5) is 18.4. The molecule has 4 aromatic carbocycles. The number of aromatic nitrogens is 4. The summed E-state index contributed by atoms with van der Waals surface area (Å²) in [7, 11) is 0. The number of benzene rings is 4. The van der Waals surface area contributed by atoms with Gasteiger partial charge in [0.15, 0.2) is 0 Å². The van der Waals surface area contributed by atoms with Gasteiger partial charge in [0.1, 0.15) is 5.75 Å². The Morgan fingerprint density at radius 2 is 0.759 bits per heavy atom. The van der Waals surface area contributed by atoms with Crippen molar-refractivity contribution in [2.75, 3.05) is 11.9 Å². The highest BCUT2D eigenvalue weighted by atomic mass is 79.9. The van der Waals surface area contributed by atoms with Gasteiger partial charge in [0.2, 0.25) is 0 Å². The van der Waals surface area contributed by atoms with Gasteiger partial charge in [-0.3, -0.25) is 0 Å². The molecule has 0 unspecified atom stereocenters. The number of halogens is 1. The Morgan fingerprint density at radius 3 is 1.11 bits per heavy atom. The molecular weight excluding hydrogens is 728 g/mol. The molecule has 5 nitrogen and oxygen atoms in total. The Balaban J connectivity index is 1.38. The minimum atomic E-state index is 0.688. The number of nitrogens with zero attached hydrogens (tertiary/aromatic N) is 2. The average molecular weight is 766 g/mol. The van der Waals surface area contributed by atoms with Gasteiger partial charge in [0.05, 0.1) is 29.4 Å². The van der Waals surface area contributed by atoms with E-state index >= 15 is 0 Å². The summed E-state index contributed by atoms with van der Waals surface area (Å²) >= 11 is 3.52. The van der Waals surface area contributed by atoms with Gasteiger partial charge >= 0.3 is 0 Å². The summed E-state index contributed by atoms with van der Waals surface area (Å²) in [5.74, 6) is 0.858. The number of rotatable bonds is 9. The van der Waals surface area contributed by atoms with E-state index in [1.165, 1.54) is 0 Å². The van der Waals surface area contributed by atoms with Crippen molar-refractivity contribution in [1.82, 2.24) is 19.9 Å². The van der Waals surface area contributed by atoms with Crippen LogP contribution in [0.2, 0.25) is 0 Å². The van der Waals surface area contributed by atoms with Gasteiger partial charge in [0.25, 0.3) is 0 Å². The molecule has 0 amide bonds. The first kappa shape index (κ1) is 33.6. The average Bonchev–Trinajstić information content (AvgIpc) is 4.06. The van der Waals surface area contributed by atoms with E-state index in [-0.39, 0.29) is 0 Å². The largest absolute Gasteiger partial charge is 0.494 e. The number of aromatic amines is 2. The molecule has 2 aliphatic rings. The molecule has 0 spiro atoms. The van der Waals surface area contributed by atoms with Gasteiger partial charge in [-0.1, -0.05) is 119 Å². The third-order valence-corrected chi connectivity index (χ3v) is 10.4. The highest BCUT2D eigenvalue weighted by Crippen LogP contribution is 2.38. The molecule has 8 bridgehead atoms. The molecule has 2 N–H and O–H groups in total. The van der Waals surface area contributed by atoms with Gasteiger partial charge in [-0.25, -0.2) is 9.97 Å². The van der Waals surface area contributed by atoms with Crippen molar-refractivity contribution in [1.29, 1.82) is 0 Å². The van der Waals surface area contributed by atoms with Gasteiger partial charge < -0.3 is 14.7 Å². The molecule has 5 heterocycles. The summed E-state index contributed by atoms with van der Waals surface area (Å²) in [6, 6.07) is 48.5. The summed E-state index contributed by atoms with van der Waals surface area (Å²) in [6.45, 7) is 0.688. The Morgan fingerprint density at radius 1 is 0.407 bits per heavy atom. The number of ether oxygens (including phenoxy) is 1. The molecule has 262 valence electrons. The fraction of sp³-hybridized carbons (Fsp3) is 0.0833. The first-order valence-corrected chi connectivity index (χ1v) is 19.5. The van der Waals surface area contributed by atoms with Crippen LogP contribution in [-0.2, 0) is 0 Å². The zero-order chi connectivity index (χ0) is 36.3. The highest BCUT2D eigenvalue weighted by molar-refractivity contribution is 9.09. The number of fused-ring (bicyclic) bond motifs is 8. The lowest BCUT2D eigenvalue weighted by Crippen LogP contribution is -1.97. The van der Waals surface area contributed by atoms with Crippen LogP contribution < -0.4 is 4.74 Å². The topological polar surface area (TPSA) is 66.6 Å². The van der Waals surface area contributed by atoms with Crippen LogP contribution in [-0.4, -0.2) is 31.9 Å². The fourth-order valence-electron chi connectivity index (χ4n) is 7.34. The number of hydrogen-bond acceptors (Lipinski definition) is 3. The van der Waals surface area contributed by atoms with Crippen LogP contribution >= 0.6 is 15.9 Å². The molecule has 54 heavy (non-hydrogen) atoms. The molecule has 7 aromatic rings. The summed E-state index contributed by atoms with van der Waals surface area (Å²) in [6.07, 6.45) is 10.6. The number of nitrogens with one attached hydrogen (secondary N) is 2. The molecule has 0 radical (unpaired) electrons. The van der Waals surface area contributed by atoms with Crippen molar-refractivity contribution in [2.45, 2.75) is 12.8 Å². The van der Waals surface area contributed by atoms with Crippen molar-refractivity contribution in [2.24, 2.45) is 0 Å². The lowest BCUT2D eigenvalue weighted by molar-refractivity contribution is 0.310. The quantitative estimate of drug-likeness (QED) is 0.114. The van der Waals surface area contributed by atoms with Gasteiger partial charge in [-0.2, -0.15) is 0 Å². The Labute approximate surface area is 322 Å². The molecule has 0 aliphatic carbocycles. The second-order valence-electron chi connectivity index (χ2n) is 13.4. The van der Waals surface area contributed by atoms with E-state index in [0.29, 0.717) is 6.61 Å². The van der Waals surface area contributed by atoms with Crippen molar-refractivity contribution in [3.05, 3.63) is 162 Å². The Bertz CT molecular complexity index is 2640. The molecule has 0 fully saturated rings. The third kappa shape index (κ3) is 6.61. The van der Waals surface area contributed by atoms with Crippen LogP contribution in [0.4, 0.5) is 0 Å². The van der Waals surface area contributed by atoms with Gasteiger partial charge in [0, 0.05) is 49.7 Å². The Kier molecular flexibility index (Phi) is 9.34. The molecular formula is C48H37BrN4O. The predicted molar refractivity (Wildman–Crippen MR) is 229 cm³/mol. The lowest BCUT2D eigenvalue weighted by Gasteiger charge is -2.08. The van der Waals surface area contributed by atoms with Crippen LogP contribution in [0.3, 0.4) is 0 Å². The summed E-state index contributed by atoms with van der Waals surface area (Å²) in [5, 5.41) is 0.981. The minimum Gasteiger partial charge on any atom is -0.494 e. The van der Waals surface area contributed by atoms with E-state index in [2.05, 4.69) is 172 Å². The molecule has 3 aromatic heterocycles. The molecule has 0 saturated carbocycles.